The number of benzene rings is 1. The second-order valence-corrected chi connectivity index (χ2v) is 8.15. The Morgan fingerprint density at radius 1 is 0.733 bits per heavy atom. The normalized spacial score (nSPS) is 11.3. The number of hydrogen-bond acceptors (Lipinski definition) is 3. The molecule has 0 bridgehead atoms. The van der Waals surface area contributed by atoms with E-state index in [-0.39, 0.29) is 0 Å². The third-order valence-corrected chi connectivity index (χ3v) is 5.41. The highest BCUT2D eigenvalue weighted by atomic mass is 16.5. The summed E-state index contributed by atoms with van der Waals surface area (Å²) in [5.74, 6) is 1.62. The largest absolute Gasteiger partial charge is 0.465 e. The molecule has 0 aliphatic heterocycles. The van der Waals surface area contributed by atoms with Gasteiger partial charge in [0, 0.05) is 18.0 Å². The molecule has 2 rings (SSSR count). The molecule has 0 saturated heterocycles. The number of nitrogens with zero attached hydrogens (tertiary/aromatic N) is 2. The Bertz CT molecular complexity index is 692. The van der Waals surface area contributed by atoms with Gasteiger partial charge in [0.25, 0.3) is 0 Å². The van der Waals surface area contributed by atoms with Crippen LogP contribution in [0.2, 0.25) is 0 Å². The van der Waals surface area contributed by atoms with Crippen LogP contribution >= 0.6 is 0 Å². The van der Waals surface area contributed by atoms with E-state index in [0.717, 1.165) is 30.0 Å². The molecule has 0 atom stereocenters. The molecule has 1 aromatic heterocycles. The Hall–Kier alpha value is -2.16. The monoisotopic (exact) mass is 408 g/mol. The van der Waals surface area contributed by atoms with E-state index >= 15 is 0 Å². The number of allylic oxidation sites excluding steroid dienone is 1. The van der Waals surface area contributed by atoms with Crippen molar-refractivity contribution in [1.82, 2.24) is 9.97 Å². The quantitative estimate of drug-likeness (QED) is 0.207. The van der Waals surface area contributed by atoms with Gasteiger partial charge in [0.2, 0.25) is 0 Å². The molecule has 0 spiro atoms. The first-order valence-electron chi connectivity index (χ1n) is 12.1. The summed E-state index contributed by atoms with van der Waals surface area (Å²) in [6.07, 6.45) is 24.5. The Kier molecular flexibility index (Phi) is 12.6. The lowest BCUT2D eigenvalue weighted by Crippen LogP contribution is -1.93. The number of aryl methyl sites for hydroxylation is 1. The summed E-state index contributed by atoms with van der Waals surface area (Å²) in [6.45, 7) is 4.51. The van der Waals surface area contributed by atoms with Crippen molar-refractivity contribution < 1.29 is 4.74 Å². The van der Waals surface area contributed by atoms with Crippen molar-refractivity contribution in [1.29, 1.82) is 0 Å². The van der Waals surface area contributed by atoms with Gasteiger partial charge in [-0.05, 0) is 61.6 Å². The third-order valence-electron chi connectivity index (χ3n) is 5.41. The van der Waals surface area contributed by atoms with Gasteiger partial charge >= 0.3 is 0 Å². The first-order chi connectivity index (χ1) is 14.8. The van der Waals surface area contributed by atoms with Crippen LogP contribution in [0.25, 0.3) is 11.4 Å². The van der Waals surface area contributed by atoms with Crippen LogP contribution in [0.5, 0.6) is 5.75 Å². The molecule has 30 heavy (non-hydrogen) atoms. The molecule has 0 radical (unpaired) electrons. The minimum Gasteiger partial charge on any atom is -0.465 e. The summed E-state index contributed by atoms with van der Waals surface area (Å²) in [5, 5.41) is 0. The minimum atomic E-state index is 0.774. The Balaban J connectivity index is 1.70. The van der Waals surface area contributed by atoms with Crippen molar-refractivity contribution in [3.63, 3.8) is 0 Å². The van der Waals surface area contributed by atoms with Crippen LogP contribution < -0.4 is 4.74 Å². The van der Waals surface area contributed by atoms with Gasteiger partial charge in [0.05, 0.1) is 6.26 Å². The average Bonchev–Trinajstić information content (AvgIpc) is 2.79. The fourth-order valence-electron chi connectivity index (χ4n) is 3.49. The molecular formula is C27H40N2O. The zero-order valence-electron chi connectivity index (χ0n) is 19.1. The van der Waals surface area contributed by atoms with E-state index in [4.69, 9.17) is 4.74 Å². The topological polar surface area (TPSA) is 35.0 Å². The van der Waals surface area contributed by atoms with Crippen LogP contribution in [0.15, 0.2) is 49.0 Å². The fraction of sp³-hybridized carbons (Fsp3) is 0.556. The maximum atomic E-state index is 5.70. The molecule has 0 fully saturated rings. The van der Waals surface area contributed by atoms with Gasteiger partial charge in [-0.3, -0.25) is 0 Å². The average molecular weight is 409 g/mol. The second-order valence-electron chi connectivity index (χ2n) is 8.15. The fourth-order valence-corrected chi connectivity index (χ4v) is 3.49. The standard InChI is InChI=1S/C27H40N2O/c1-3-5-7-9-11-13-15-21-30-26-19-17-25(18-20-26)27-28-22-24(23-29-27)16-14-12-10-8-6-4-2/h15,17-23H,3-14,16H2,1-2H3/b21-15+. The summed E-state index contributed by atoms with van der Waals surface area (Å²) in [5.41, 5.74) is 2.25. The van der Waals surface area contributed by atoms with Crippen LogP contribution in [-0.4, -0.2) is 9.97 Å². The van der Waals surface area contributed by atoms with E-state index < -0.39 is 0 Å². The molecule has 0 aliphatic rings. The number of ether oxygens (including phenoxy) is 1. The summed E-state index contributed by atoms with van der Waals surface area (Å²) in [7, 11) is 0. The summed E-state index contributed by atoms with van der Waals surface area (Å²) >= 11 is 0. The minimum absolute atomic E-state index is 0.774. The highest BCUT2D eigenvalue weighted by molar-refractivity contribution is 5.55. The molecule has 1 heterocycles. The number of aromatic nitrogens is 2. The Morgan fingerprint density at radius 2 is 1.33 bits per heavy atom. The van der Waals surface area contributed by atoms with Gasteiger partial charge in [0.1, 0.15) is 5.75 Å². The van der Waals surface area contributed by atoms with Crippen LogP contribution in [0.4, 0.5) is 0 Å². The molecule has 1 aromatic carbocycles. The Labute approximate surface area is 184 Å². The first-order valence-corrected chi connectivity index (χ1v) is 12.1. The van der Waals surface area contributed by atoms with E-state index in [9.17, 15) is 0 Å². The van der Waals surface area contributed by atoms with Crippen LogP contribution in [0, 0.1) is 0 Å². The lowest BCUT2D eigenvalue weighted by atomic mass is 10.1. The van der Waals surface area contributed by atoms with E-state index in [1.54, 1.807) is 0 Å². The molecule has 164 valence electrons. The van der Waals surface area contributed by atoms with Crippen molar-refractivity contribution in [3.05, 3.63) is 54.6 Å². The number of rotatable bonds is 16. The van der Waals surface area contributed by atoms with Crippen LogP contribution in [0.3, 0.4) is 0 Å². The highest BCUT2D eigenvalue weighted by Gasteiger charge is 2.02. The zero-order chi connectivity index (χ0) is 21.3. The Morgan fingerprint density at radius 3 is 2.00 bits per heavy atom. The molecule has 2 aromatic rings. The van der Waals surface area contributed by atoms with Gasteiger partial charge in [-0.1, -0.05) is 71.6 Å². The molecule has 0 N–H and O–H groups in total. The predicted molar refractivity (Wildman–Crippen MR) is 128 cm³/mol. The van der Waals surface area contributed by atoms with Crippen molar-refractivity contribution in [2.75, 3.05) is 0 Å². The molecular weight excluding hydrogens is 368 g/mol. The number of hydrogen-bond donors (Lipinski definition) is 0. The van der Waals surface area contributed by atoms with Crippen molar-refractivity contribution in [2.24, 2.45) is 0 Å². The van der Waals surface area contributed by atoms with Crippen molar-refractivity contribution >= 4 is 0 Å². The summed E-state index contributed by atoms with van der Waals surface area (Å²) < 4.78 is 5.70. The zero-order valence-corrected chi connectivity index (χ0v) is 19.1. The maximum absolute atomic E-state index is 5.70. The predicted octanol–water partition coefficient (Wildman–Crippen LogP) is 8.30. The molecule has 0 aliphatic carbocycles. The smallest absolute Gasteiger partial charge is 0.159 e. The molecule has 0 unspecified atom stereocenters. The third kappa shape index (κ3) is 10.0. The lowest BCUT2D eigenvalue weighted by molar-refractivity contribution is 0.477. The SMILES string of the molecule is CCCCCCC/C=C/Oc1ccc(-c2ncc(CCCCCCCC)cn2)cc1. The van der Waals surface area contributed by atoms with Gasteiger partial charge in [-0.15, -0.1) is 0 Å². The van der Waals surface area contributed by atoms with E-state index in [1.165, 1.54) is 76.2 Å². The second kappa shape index (κ2) is 15.6. The first kappa shape index (κ1) is 24.1. The van der Waals surface area contributed by atoms with E-state index in [2.05, 4.69) is 29.9 Å². The molecule has 3 heteroatoms. The molecule has 3 nitrogen and oxygen atoms in total. The molecule has 0 saturated carbocycles. The lowest BCUT2D eigenvalue weighted by Gasteiger charge is -2.05. The number of unbranched alkanes of at least 4 members (excludes halogenated alkanes) is 10. The van der Waals surface area contributed by atoms with Crippen LogP contribution in [0.1, 0.15) is 96.5 Å². The highest BCUT2D eigenvalue weighted by Crippen LogP contribution is 2.20. The maximum Gasteiger partial charge on any atom is 0.159 e. The molecule has 0 amide bonds. The van der Waals surface area contributed by atoms with Gasteiger partial charge in [-0.2, -0.15) is 0 Å². The van der Waals surface area contributed by atoms with Gasteiger partial charge < -0.3 is 4.74 Å². The van der Waals surface area contributed by atoms with E-state index in [0.29, 0.717) is 0 Å². The summed E-state index contributed by atoms with van der Waals surface area (Å²) in [4.78, 5) is 9.12. The van der Waals surface area contributed by atoms with Crippen molar-refractivity contribution in [3.8, 4) is 17.1 Å². The van der Waals surface area contributed by atoms with Gasteiger partial charge in [-0.25, -0.2) is 9.97 Å². The van der Waals surface area contributed by atoms with Crippen molar-refractivity contribution in [2.45, 2.75) is 97.3 Å². The summed E-state index contributed by atoms with van der Waals surface area (Å²) in [6, 6.07) is 8.01. The van der Waals surface area contributed by atoms with E-state index in [1.807, 2.05) is 42.9 Å². The van der Waals surface area contributed by atoms with Gasteiger partial charge in [0.15, 0.2) is 5.82 Å². The van der Waals surface area contributed by atoms with Crippen LogP contribution in [-0.2, 0) is 6.42 Å².